The number of amides is 2. The lowest BCUT2D eigenvalue weighted by molar-refractivity contribution is -0.131. The van der Waals surface area contributed by atoms with E-state index in [0.29, 0.717) is 25.1 Å². The molecule has 0 radical (unpaired) electrons. The Kier molecular flexibility index (Phi) is 8.30. The lowest BCUT2D eigenvalue weighted by Gasteiger charge is -2.30. The summed E-state index contributed by atoms with van der Waals surface area (Å²) < 4.78 is 0. The minimum absolute atomic E-state index is 0.0346. The quantitative estimate of drug-likeness (QED) is 0.741. The lowest BCUT2D eigenvalue weighted by Crippen LogP contribution is -2.47. The first kappa shape index (κ1) is 20.8. The average Bonchev–Trinajstić information content (AvgIpc) is 2.77. The highest BCUT2D eigenvalue weighted by Gasteiger charge is 2.20. The third kappa shape index (κ3) is 6.31. The third-order valence-corrected chi connectivity index (χ3v) is 5.72. The van der Waals surface area contributed by atoms with Crippen LogP contribution in [0.1, 0.15) is 42.5 Å². The van der Waals surface area contributed by atoms with Gasteiger partial charge in [0.25, 0.3) is 5.91 Å². The van der Waals surface area contributed by atoms with E-state index in [1.165, 1.54) is 32.4 Å². The molecule has 0 atom stereocenters. The first-order valence-electron chi connectivity index (χ1n) is 10.8. The Hall–Kier alpha value is -1.92. The van der Waals surface area contributed by atoms with Crippen LogP contribution < -0.4 is 5.32 Å². The molecule has 2 heterocycles. The SMILES string of the molecule is O=C(CCN(CCCN1CCCCC1)C(=O)c1ccccc1)N1CCNCC1. The standard InChI is InChI=1S/C22H34N4O2/c27-21(25-18-11-23-12-19-25)10-17-26(22(28)20-8-3-1-4-9-20)16-7-15-24-13-5-2-6-14-24/h1,3-4,8-9,23H,2,5-7,10-19H2. The Labute approximate surface area is 168 Å². The molecule has 2 saturated heterocycles. The molecule has 0 aromatic heterocycles. The second-order valence-corrected chi connectivity index (χ2v) is 7.79. The molecule has 28 heavy (non-hydrogen) atoms. The normalized spacial score (nSPS) is 18.1. The van der Waals surface area contributed by atoms with Crippen molar-refractivity contribution in [2.24, 2.45) is 0 Å². The predicted molar refractivity (Wildman–Crippen MR) is 111 cm³/mol. The first-order chi connectivity index (χ1) is 13.7. The third-order valence-electron chi connectivity index (χ3n) is 5.72. The van der Waals surface area contributed by atoms with E-state index in [1.807, 2.05) is 40.1 Å². The van der Waals surface area contributed by atoms with Crippen LogP contribution in [0, 0.1) is 0 Å². The van der Waals surface area contributed by atoms with Gasteiger partial charge in [-0.3, -0.25) is 9.59 Å². The molecule has 0 aliphatic carbocycles. The molecular weight excluding hydrogens is 352 g/mol. The van der Waals surface area contributed by atoms with E-state index in [1.54, 1.807) is 0 Å². The number of carbonyl (C=O) groups is 2. The number of piperidine rings is 1. The maximum atomic E-state index is 13.0. The van der Waals surface area contributed by atoms with Crippen molar-refractivity contribution in [1.82, 2.24) is 20.0 Å². The van der Waals surface area contributed by atoms with Crippen LogP contribution in [0.4, 0.5) is 0 Å². The van der Waals surface area contributed by atoms with Crippen molar-refractivity contribution in [2.45, 2.75) is 32.1 Å². The van der Waals surface area contributed by atoms with Gasteiger partial charge in [0.05, 0.1) is 0 Å². The fourth-order valence-electron chi connectivity index (χ4n) is 4.05. The maximum Gasteiger partial charge on any atom is 0.253 e. The van der Waals surface area contributed by atoms with Crippen molar-refractivity contribution in [3.63, 3.8) is 0 Å². The van der Waals surface area contributed by atoms with Crippen molar-refractivity contribution in [3.05, 3.63) is 35.9 Å². The van der Waals surface area contributed by atoms with Crippen LogP contribution >= 0.6 is 0 Å². The minimum atomic E-state index is 0.0346. The Morgan fingerprint density at radius 1 is 0.929 bits per heavy atom. The molecule has 6 nitrogen and oxygen atoms in total. The summed E-state index contributed by atoms with van der Waals surface area (Å²) in [7, 11) is 0. The van der Waals surface area contributed by atoms with Crippen LogP contribution in [0.5, 0.6) is 0 Å². The Bertz CT molecular complexity index is 610. The average molecular weight is 387 g/mol. The van der Waals surface area contributed by atoms with Gasteiger partial charge in [0, 0.05) is 51.3 Å². The minimum Gasteiger partial charge on any atom is -0.340 e. The summed E-state index contributed by atoms with van der Waals surface area (Å²) in [5.74, 6) is 0.191. The Balaban J connectivity index is 1.53. The van der Waals surface area contributed by atoms with Crippen LogP contribution in [0.25, 0.3) is 0 Å². The van der Waals surface area contributed by atoms with Crippen molar-refractivity contribution in [3.8, 4) is 0 Å². The van der Waals surface area contributed by atoms with Gasteiger partial charge in [-0.25, -0.2) is 0 Å². The number of hydrogen-bond donors (Lipinski definition) is 1. The molecule has 154 valence electrons. The number of nitrogens with one attached hydrogen (secondary N) is 1. The summed E-state index contributed by atoms with van der Waals surface area (Å²) >= 11 is 0. The zero-order chi connectivity index (χ0) is 19.6. The second-order valence-electron chi connectivity index (χ2n) is 7.79. The van der Waals surface area contributed by atoms with E-state index in [4.69, 9.17) is 0 Å². The number of benzene rings is 1. The van der Waals surface area contributed by atoms with Crippen LogP contribution in [-0.2, 0) is 4.79 Å². The van der Waals surface area contributed by atoms with Crippen LogP contribution in [0.2, 0.25) is 0 Å². The molecule has 2 aliphatic heterocycles. The smallest absolute Gasteiger partial charge is 0.253 e. The highest BCUT2D eigenvalue weighted by molar-refractivity contribution is 5.94. The summed E-state index contributed by atoms with van der Waals surface area (Å²) in [6.45, 7) is 7.82. The monoisotopic (exact) mass is 386 g/mol. The van der Waals surface area contributed by atoms with Crippen molar-refractivity contribution >= 4 is 11.8 Å². The van der Waals surface area contributed by atoms with Crippen LogP contribution in [0.15, 0.2) is 30.3 Å². The van der Waals surface area contributed by atoms with Gasteiger partial charge in [0.15, 0.2) is 0 Å². The van der Waals surface area contributed by atoms with Gasteiger partial charge in [-0.2, -0.15) is 0 Å². The van der Waals surface area contributed by atoms with E-state index in [-0.39, 0.29) is 11.8 Å². The van der Waals surface area contributed by atoms with Gasteiger partial charge in [0.1, 0.15) is 0 Å². The summed E-state index contributed by atoms with van der Waals surface area (Å²) in [5.41, 5.74) is 0.704. The molecule has 1 N–H and O–H groups in total. The van der Waals surface area contributed by atoms with Crippen molar-refractivity contribution in [2.75, 3.05) is 58.9 Å². The topological polar surface area (TPSA) is 55.9 Å². The fourth-order valence-corrected chi connectivity index (χ4v) is 4.05. The number of rotatable bonds is 8. The molecule has 0 saturated carbocycles. The number of likely N-dealkylation sites (tertiary alicyclic amines) is 1. The Morgan fingerprint density at radius 3 is 2.36 bits per heavy atom. The molecule has 6 heteroatoms. The molecule has 0 unspecified atom stereocenters. The molecule has 2 fully saturated rings. The first-order valence-corrected chi connectivity index (χ1v) is 10.8. The molecule has 1 aromatic rings. The molecule has 1 aromatic carbocycles. The summed E-state index contributed by atoms with van der Waals surface area (Å²) in [5, 5.41) is 3.27. The fraction of sp³-hybridized carbons (Fsp3) is 0.636. The van der Waals surface area contributed by atoms with E-state index >= 15 is 0 Å². The molecular formula is C22H34N4O2. The Morgan fingerprint density at radius 2 is 1.64 bits per heavy atom. The maximum absolute atomic E-state index is 13.0. The molecule has 2 aliphatic rings. The molecule has 0 spiro atoms. The predicted octanol–water partition coefficient (Wildman–Crippen LogP) is 1.83. The van der Waals surface area contributed by atoms with Crippen molar-refractivity contribution in [1.29, 1.82) is 0 Å². The zero-order valence-electron chi connectivity index (χ0n) is 16.9. The number of piperazine rings is 1. The molecule has 0 bridgehead atoms. The van der Waals surface area contributed by atoms with Gasteiger partial charge in [-0.15, -0.1) is 0 Å². The summed E-state index contributed by atoms with van der Waals surface area (Å²) in [4.78, 5) is 31.8. The van der Waals surface area contributed by atoms with Gasteiger partial charge < -0.3 is 20.0 Å². The highest BCUT2D eigenvalue weighted by atomic mass is 16.2. The van der Waals surface area contributed by atoms with Gasteiger partial charge >= 0.3 is 0 Å². The second kappa shape index (κ2) is 11.2. The lowest BCUT2D eigenvalue weighted by atomic mass is 10.1. The van der Waals surface area contributed by atoms with E-state index in [2.05, 4.69) is 10.2 Å². The van der Waals surface area contributed by atoms with E-state index in [9.17, 15) is 9.59 Å². The largest absolute Gasteiger partial charge is 0.340 e. The van der Waals surface area contributed by atoms with E-state index < -0.39 is 0 Å². The van der Waals surface area contributed by atoms with E-state index in [0.717, 1.165) is 39.1 Å². The van der Waals surface area contributed by atoms with Gasteiger partial charge in [-0.05, 0) is 51.0 Å². The summed E-state index contributed by atoms with van der Waals surface area (Å²) in [6, 6.07) is 9.43. The summed E-state index contributed by atoms with van der Waals surface area (Å²) in [6.07, 6.45) is 5.27. The number of nitrogens with zero attached hydrogens (tertiary/aromatic N) is 3. The van der Waals surface area contributed by atoms with Gasteiger partial charge in [-0.1, -0.05) is 24.6 Å². The van der Waals surface area contributed by atoms with Crippen molar-refractivity contribution < 1.29 is 9.59 Å². The van der Waals surface area contributed by atoms with Gasteiger partial charge in [0.2, 0.25) is 5.91 Å². The number of carbonyl (C=O) groups excluding carboxylic acids is 2. The highest BCUT2D eigenvalue weighted by Crippen LogP contribution is 2.11. The number of hydrogen-bond acceptors (Lipinski definition) is 4. The molecule has 2 amide bonds. The van der Waals surface area contributed by atoms with Crippen LogP contribution in [0.3, 0.4) is 0 Å². The van der Waals surface area contributed by atoms with Crippen LogP contribution in [-0.4, -0.2) is 85.4 Å². The molecule has 3 rings (SSSR count). The zero-order valence-corrected chi connectivity index (χ0v) is 16.9.